The van der Waals surface area contributed by atoms with Crippen LogP contribution in [0.15, 0.2) is 48.6 Å². The first kappa shape index (κ1) is 36.7. The second kappa shape index (κ2) is 12.3. The summed E-state index contributed by atoms with van der Waals surface area (Å²) in [5.41, 5.74) is 4.72. The quantitative estimate of drug-likeness (QED) is 0.187. The zero-order valence-corrected chi connectivity index (χ0v) is 32.6. The number of likely N-dealkylation sites (N-methyl/N-ethyl adjacent to an activating group) is 1. The van der Waals surface area contributed by atoms with E-state index in [0.717, 1.165) is 46.5 Å². The number of H-pyrrole nitrogens is 1. The number of hydrogen-bond donors (Lipinski definition) is 5. The summed E-state index contributed by atoms with van der Waals surface area (Å²) in [7, 11) is 4.89. The third-order valence-electron chi connectivity index (χ3n) is 15.2. The maximum absolute atomic E-state index is 15.2. The molecule has 1 saturated carbocycles. The van der Waals surface area contributed by atoms with Crippen molar-refractivity contribution in [1.82, 2.24) is 14.8 Å². The lowest BCUT2D eigenvalue weighted by Crippen LogP contribution is -2.81. The van der Waals surface area contributed by atoms with E-state index in [9.17, 15) is 20.1 Å². The van der Waals surface area contributed by atoms with Gasteiger partial charge >= 0.3 is 5.97 Å². The Bertz CT molecular complexity index is 2120. The Kier molecular flexibility index (Phi) is 8.19. The number of aliphatic hydroxyl groups excluding tert-OH is 1. The summed E-state index contributed by atoms with van der Waals surface area (Å²) in [6.07, 6.45) is 5.78. The van der Waals surface area contributed by atoms with Gasteiger partial charge in [-0.15, -0.1) is 0 Å². The van der Waals surface area contributed by atoms with Crippen molar-refractivity contribution in [3.8, 4) is 5.75 Å². The van der Waals surface area contributed by atoms with Gasteiger partial charge in [-0.2, -0.15) is 0 Å². The molecule has 294 valence electrons. The molecule has 3 aromatic rings. The molecule has 12 nitrogen and oxygen atoms in total. The average Bonchev–Trinajstić information content (AvgIpc) is 3.84. The average molecular weight is 754 g/mol. The summed E-state index contributed by atoms with van der Waals surface area (Å²) in [6.45, 7) is 7.39. The summed E-state index contributed by atoms with van der Waals surface area (Å²) in [5.74, 6) is -1.00. The molecule has 6 N–H and O–H groups in total. The van der Waals surface area contributed by atoms with Crippen molar-refractivity contribution in [1.29, 1.82) is 0 Å². The monoisotopic (exact) mass is 753 g/mol. The Morgan fingerprint density at radius 1 is 1.04 bits per heavy atom. The number of ether oxygens (including phenoxy) is 2. The standard InChI is InChI=1S/C43H55N5O7/c1-6-39(52)21-25-22-42(38(51)55-5,33-27(13-17-47(23-25)24-39)26-11-8-9-12-30(26)45-33)29-19-28-31(20-32(29)54-4)46(3)35-41(28)15-18-48-16-10-14-40(7-2,34(41)48)36(49)43(35,53)37(44)50/h8-12,14,19-20,25,34-36,45,49,52-53H,6-7,13,15-18,21-24H2,1-5H3,(H2,44,50)/t25-,34?,35+,36-,39+,40-,41-,42+,43+/m1/s1. The Morgan fingerprint density at radius 2 is 1.82 bits per heavy atom. The lowest BCUT2D eigenvalue weighted by atomic mass is 9.47. The van der Waals surface area contributed by atoms with Gasteiger partial charge in [-0.1, -0.05) is 44.2 Å². The first-order valence-electron chi connectivity index (χ1n) is 20.0. The molecule has 0 radical (unpaired) electrons. The number of carbonyl (C=O) groups is 2. The van der Waals surface area contributed by atoms with Crippen LogP contribution in [0, 0.1) is 11.3 Å². The number of nitrogens with zero attached hydrogens (tertiary/aromatic N) is 3. The third-order valence-corrected chi connectivity index (χ3v) is 15.2. The number of hydrogen-bond acceptors (Lipinski definition) is 10. The number of esters is 1. The summed E-state index contributed by atoms with van der Waals surface area (Å²) in [5, 5.41) is 38.0. The molecule has 2 saturated heterocycles. The maximum atomic E-state index is 15.2. The summed E-state index contributed by atoms with van der Waals surface area (Å²) in [4.78, 5) is 39.3. The maximum Gasteiger partial charge on any atom is 0.322 e. The van der Waals surface area contributed by atoms with Crippen molar-refractivity contribution < 1.29 is 34.4 Å². The molecule has 1 amide bonds. The molecular formula is C43H55N5O7. The fourth-order valence-electron chi connectivity index (χ4n) is 13.1. The Hall–Kier alpha value is -3.94. The van der Waals surface area contributed by atoms with Gasteiger partial charge in [0.1, 0.15) is 17.3 Å². The van der Waals surface area contributed by atoms with E-state index in [1.807, 2.05) is 62.2 Å². The number of nitrogens with one attached hydrogen (secondary N) is 1. The van der Waals surface area contributed by atoms with Crippen LogP contribution in [-0.2, 0) is 31.6 Å². The molecule has 1 aliphatic carbocycles. The highest BCUT2D eigenvalue weighted by molar-refractivity contribution is 5.95. The van der Waals surface area contributed by atoms with Crippen molar-refractivity contribution in [3.63, 3.8) is 0 Å². The Labute approximate surface area is 322 Å². The Morgan fingerprint density at radius 3 is 2.53 bits per heavy atom. The largest absolute Gasteiger partial charge is 0.496 e. The predicted molar refractivity (Wildman–Crippen MR) is 208 cm³/mol. The highest BCUT2D eigenvalue weighted by atomic mass is 16.5. The molecule has 6 heterocycles. The third kappa shape index (κ3) is 4.51. The number of para-hydroxylation sites is 1. The van der Waals surface area contributed by atoms with Crippen molar-refractivity contribution in [3.05, 3.63) is 70.9 Å². The van der Waals surface area contributed by atoms with E-state index in [2.05, 4.69) is 26.9 Å². The molecule has 5 aliphatic heterocycles. The number of piperidine rings is 1. The smallest absolute Gasteiger partial charge is 0.322 e. The van der Waals surface area contributed by atoms with Gasteiger partial charge in [-0.3, -0.25) is 19.4 Å². The molecule has 2 unspecified atom stereocenters. The number of nitrogens with two attached hydrogens (primary N) is 1. The molecule has 12 heteroatoms. The van der Waals surface area contributed by atoms with Gasteiger partial charge in [0.25, 0.3) is 5.91 Å². The number of benzene rings is 2. The number of aromatic amines is 1. The van der Waals surface area contributed by atoms with Crippen LogP contribution in [0.1, 0.15) is 68.3 Å². The van der Waals surface area contributed by atoms with Crippen LogP contribution < -0.4 is 15.4 Å². The lowest BCUT2D eigenvalue weighted by molar-refractivity contribution is -0.201. The summed E-state index contributed by atoms with van der Waals surface area (Å²) in [6, 6.07) is 11.0. The van der Waals surface area contributed by atoms with Gasteiger partial charge in [0.2, 0.25) is 0 Å². The van der Waals surface area contributed by atoms with E-state index < -0.39 is 51.5 Å². The van der Waals surface area contributed by atoms with E-state index in [1.54, 1.807) is 7.11 Å². The number of fused-ring (bicyclic) bond motifs is 6. The van der Waals surface area contributed by atoms with Gasteiger partial charge < -0.3 is 40.4 Å². The first-order valence-corrected chi connectivity index (χ1v) is 20.0. The van der Waals surface area contributed by atoms with Crippen molar-refractivity contribution in [2.24, 2.45) is 17.1 Å². The van der Waals surface area contributed by atoms with Crippen molar-refractivity contribution in [2.75, 3.05) is 58.9 Å². The van der Waals surface area contributed by atoms with Crippen molar-refractivity contribution in [2.45, 2.75) is 92.6 Å². The number of aliphatic hydroxyl groups is 3. The summed E-state index contributed by atoms with van der Waals surface area (Å²) >= 11 is 0. The van der Waals surface area contributed by atoms with Crippen molar-refractivity contribution >= 4 is 28.5 Å². The molecule has 2 aromatic carbocycles. The van der Waals surface area contributed by atoms with Crippen LogP contribution in [0.25, 0.3) is 10.9 Å². The van der Waals surface area contributed by atoms with Gasteiger partial charge in [0.05, 0.1) is 25.9 Å². The predicted octanol–water partition coefficient (Wildman–Crippen LogP) is 2.73. The molecule has 3 fully saturated rings. The fraction of sp³-hybridized carbons (Fsp3) is 0.581. The molecule has 6 aliphatic rings. The molecule has 1 aromatic heterocycles. The van der Waals surface area contributed by atoms with E-state index in [1.165, 1.54) is 7.11 Å². The second-order valence-corrected chi connectivity index (χ2v) is 17.5. The molecule has 1 spiro atoms. The fourth-order valence-corrected chi connectivity index (χ4v) is 13.1. The minimum absolute atomic E-state index is 0.0790. The van der Waals surface area contributed by atoms with Gasteiger partial charge in [-0.05, 0) is 74.2 Å². The SMILES string of the molecule is CC[C@]1(O)C[C@H]2CN(CCc3c([nH]c4ccccc34)[C@@](C(=O)OC)(c3cc4c(cc3OC)N(C)[C@@H]3[C@@](O)(C(N)=O)[C@H](O)[C@]5(CC)C=CCN6CC[C@]43C65)C2)C1. The number of carbonyl (C=O) groups excluding carboxylic acids is 2. The minimum atomic E-state index is -2.30. The van der Waals surface area contributed by atoms with Crippen LogP contribution in [0.3, 0.4) is 0 Å². The molecule has 9 rings (SSSR count). The molecule has 55 heavy (non-hydrogen) atoms. The highest BCUT2D eigenvalue weighted by Crippen LogP contribution is 2.67. The van der Waals surface area contributed by atoms with Crippen LogP contribution in [0.5, 0.6) is 5.75 Å². The van der Waals surface area contributed by atoms with Gasteiger partial charge in [0, 0.05) is 84.0 Å². The number of primary amides is 1. The first-order chi connectivity index (χ1) is 26.3. The number of aromatic nitrogens is 1. The van der Waals surface area contributed by atoms with Crippen LogP contribution in [0.4, 0.5) is 5.69 Å². The van der Waals surface area contributed by atoms with E-state index in [4.69, 9.17) is 15.2 Å². The molecule has 10 atom stereocenters. The number of amides is 1. The van der Waals surface area contributed by atoms with E-state index >= 15 is 4.79 Å². The molecule has 2 bridgehead atoms. The minimum Gasteiger partial charge on any atom is -0.496 e. The van der Waals surface area contributed by atoms with Crippen LogP contribution in [-0.4, -0.2) is 125 Å². The molecular weight excluding hydrogens is 699 g/mol. The zero-order valence-electron chi connectivity index (χ0n) is 32.6. The van der Waals surface area contributed by atoms with Gasteiger partial charge in [-0.25, -0.2) is 0 Å². The highest BCUT2D eigenvalue weighted by Gasteiger charge is 2.78. The zero-order chi connectivity index (χ0) is 38.9. The van der Waals surface area contributed by atoms with Crippen LogP contribution in [0.2, 0.25) is 0 Å². The van der Waals surface area contributed by atoms with E-state index in [-0.39, 0.29) is 12.0 Å². The lowest BCUT2D eigenvalue weighted by Gasteiger charge is -2.63. The van der Waals surface area contributed by atoms with Crippen LogP contribution >= 0.6 is 0 Å². The normalized spacial score (nSPS) is 39.0. The van der Waals surface area contributed by atoms with E-state index in [0.29, 0.717) is 69.5 Å². The number of methoxy groups -OCH3 is 2. The topological polar surface area (TPSA) is 165 Å². The van der Waals surface area contributed by atoms with Gasteiger partial charge in [0.15, 0.2) is 5.60 Å². The number of anilines is 1. The summed E-state index contributed by atoms with van der Waals surface area (Å²) < 4.78 is 12.2. The Balaban J connectivity index is 1.36. The second-order valence-electron chi connectivity index (χ2n) is 17.5. The number of rotatable bonds is 6.